The second kappa shape index (κ2) is 7.34. The van der Waals surface area contributed by atoms with E-state index in [1.165, 1.54) is 17.8 Å². The molecule has 7 heteroatoms. The summed E-state index contributed by atoms with van der Waals surface area (Å²) in [4.78, 5) is 17.2. The number of thioether (sulfide) groups is 1. The predicted molar refractivity (Wildman–Crippen MR) is 89.1 cm³/mol. The molecule has 0 saturated heterocycles. The average Bonchev–Trinajstić information content (AvgIpc) is 3.02. The van der Waals surface area contributed by atoms with Crippen molar-refractivity contribution in [3.63, 3.8) is 0 Å². The smallest absolute Gasteiger partial charge is 0.231 e. The van der Waals surface area contributed by atoms with Gasteiger partial charge in [-0.15, -0.1) is 11.8 Å². The molecule has 24 heavy (non-hydrogen) atoms. The van der Waals surface area contributed by atoms with Crippen molar-refractivity contribution in [2.45, 2.75) is 49.5 Å². The van der Waals surface area contributed by atoms with Crippen LogP contribution in [0.5, 0.6) is 0 Å². The SMILES string of the molecule is Cc1nc(C2(NC(=O)CSc3ccccc3F)CCCCC2)no1. The minimum absolute atomic E-state index is 0.146. The lowest BCUT2D eigenvalue weighted by Gasteiger charge is -2.35. The Balaban J connectivity index is 1.69. The van der Waals surface area contributed by atoms with Crippen molar-refractivity contribution < 1.29 is 13.7 Å². The number of carbonyl (C=O) groups excluding carboxylic acids is 1. The topological polar surface area (TPSA) is 68.0 Å². The molecule has 128 valence electrons. The molecule has 0 atom stereocenters. The van der Waals surface area contributed by atoms with Crippen molar-refractivity contribution in [2.75, 3.05) is 5.75 Å². The summed E-state index contributed by atoms with van der Waals surface area (Å²) in [7, 11) is 0. The molecule has 1 saturated carbocycles. The summed E-state index contributed by atoms with van der Waals surface area (Å²) in [6.45, 7) is 1.74. The number of halogens is 1. The highest BCUT2D eigenvalue weighted by Gasteiger charge is 2.39. The fraction of sp³-hybridized carbons (Fsp3) is 0.471. The maximum Gasteiger partial charge on any atom is 0.231 e. The molecule has 1 aromatic heterocycles. The Labute approximate surface area is 144 Å². The number of nitrogens with zero attached hydrogens (tertiary/aromatic N) is 2. The average molecular weight is 349 g/mol. The Kier molecular flexibility index (Phi) is 5.18. The zero-order chi connectivity index (χ0) is 17.0. The van der Waals surface area contributed by atoms with Crippen LogP contribution in [0.3, 0.4) is 0 Å². The van der Waals surface area contributed by atoms with E-state index in [9.17, 15) is 9.18 Å². The van der Waals surface area contributed by atoms with Crippen molar-refractivity contribution >= 4 is 17.7 Å². The van der Waals surface area contributed by atoms with Gasteiger partial charge in [0.15, 0.2) is 5.82 Å². The number of rotatable bonds is 5. The van der Waals surface area contributed by atoms with Crippen molar-refractivity contribution in [1.82, 2.24) is 15.5 Å². The third-order valence-electron chi connectivity index (χ3n) is 4.24. The van der Waals surface area contributed by atoms with E-state index < -0.39 is 5.54 Å². The number of hydrogen-bond donors (Lipinski definition) is 1. The van der Waals surface area contributed by atoms with Gasteiger partial charge in [-0.3, -0.25) is 4.79 Å². The van der Waals surface area contributed by atoms with Crippen LogP contribution in [0.25, 0.3) is 0 Å². The summed E-state index contributed by atoms with van der Waals surface area (Å²) in [5, 5.41) is 7.11. The Morgan fingerprint density at radius 3 is 2.75 bits per heavy atom. The summed E-state index contributed by atoms with van der Waals surface area (Å²) in [5.74, 6) is 0.734. The molecule has 0 radical (unpaired) electrons. The van der Waals surface area contributed by atoms with Gasteiger partial charge in [-0.05, 0) is 25.0 Å². The first-order valence-corrected chi connectivity index (χ1v) is 9.07. The first-order valence-electron chi connectivity index (χ1n) is 8.08. The van der Waals surface area contributed by atoms with Crippen molar-refractivity contribution in [3.05, 3.63) is 41.8 Å². The number of carbonyl (C=O) groups is 1. The molecule has 1 N–H and O–H groups in total. The highest BCUT2D eigenvalue weighted by molar-refractivity contribution is 8.00. The fourth-order valence-corrected chi connectivity index (χ4v) is 3.80. The summed E-state index contributed by atoms with van der Waals surface area (Å²) < 4.78 is 18.8. The molecule has 0 bridgehead atoms. The summed E-state index contributed by atoms with van der Waals surface area (Å²) in [5.41, 5.74) is -0.567. The second-order valence-electron chi connectivity index (χ2n) is 6.05. The minimum Gasteiger partial charge on any atom is -0.342 e. The molecule has 0 spiro atoms. The Morgan fingerprint density at radius 2 is 2.08 bits per heavy atom. The number of aryl methyl sites for hydroxylation is 1. The van der Waals surface area contributed by atoms with Crippen LogP contribution in [0.2, 0.25) is 0 Å². The van der Waals surface area contributed by atoms with Gasteiger partial charge in [0.1, 0.15) is 11.4 Å². The van der Waals surface area contributed by atoms with Gasteiger partial charge < -0.3 is 9.84 Å². The Morgan fingerprint density at radius 1 is 1.33 bits per heavy atom. The zero-order valence-electron chi connectivity index (χ0n) is 13.5. The van der Waals surface area contributed by atoms with Crippen molar-refractivity contribution in [1.29, 1.82) is 0 Å². The maximum atomic E-state index is 13.7. The third kappa shape index (κ3) is 3.77. The van der Waals surface area contributed by atoms with Gasteiger partial charge in [0.05, 0.1) is 5.75 Å². The first-order chi connectivity index (χ1) is 11.6. The maximum absolute atomic E-state index is 13.7. The molecular formula is C17H20FN3O2S. The van der Waals surface area contributed by atoms with E-state index in [4.69, 9.17) is 4.52 Å². The lowest BCUT2D eigenvalue weighted by atomic mass is 9.81. The van der Waals surface area contributed by atoms with Crippen LogP contribution in [0, 0.1) is 12.7 Å². The van der Waals surface area contributed by atoms with Crippen LogP contribution in [0.1, 0.15) is 43.8 Å². The van der Waals surface area contributed by atoms with Crippen LogP contribution < -0.4 is 5.32 Å². The van der Waals surface area contributed by atoms with Gasteiger partial charge in [0.2, 0.25) is 11.8 Å². The molecule has 2 aromatic rings. The van der Waals surface area contributed by atoms with Crippen molar-refractivity contribution in [2.24, 2.45) is 0 Å². The highest BCUT2D eigenvalue weighted by atomic mass is 32.2. The number of nitrogens with one attached hydrogen (secondary N) is 1. The lowest BCUT2D eigenvalue weighted by molar-refractivity contribution is -0.121. The molecular weight excluding hydrogens is 329 g/mol. The molecule has 5 nitrogen and oxygen atoms in total. The molecule has 3 rings (SSSR count). The summed E-state index contributed by atoms with van der Waals surface area (Å²) >= 11 is 1.19. The van der Waals surface area contributed by atoms with E-state index in [1.54, 1.807) is 25.1 Å². The molecule has 1 heterocycles. The van der Waals surface area contributed by atoms with E-state index in [0.717, 1.165) is 32.1 Å². The van der Waals surface area contributed by atoms with Crippen LogP contribution in [0.4, 0.5) is 4.39 Å². The van der Waals surface area contributed by atoms with Gasteiger partial charge in [-0.2, -0.15) is 4.98 Å². The van der Waals surface area contributed by atoms with Crippen LogP contribution in [-0.4, -0.2) is 21.8 Å². The number of hydrogen-bond acceptors (Lipinski definition) is 5. The standard InChI is InChI=1S/C17H20FN3O2S/c1-12-19-16(21-23-12)17(9-5-2-6-10-17)20-15(22)11-24-14-8-4-3-7-13(14)18/h3-4,7-8H,2,5-6,9-11H2,1H3,(H,20,22). The normalized spacial score (nSPS) is 16.8. The molecule has 1 aromatic carbocycles. The predicted octanol–water partition coefficient (Wildman–Crippen LogP) is 3.59. The van der Waals surface area contributed by atoms with Gasteiger partial charge in [-0.1, -0.05) is 36.6 Å². The molecule has 1 aliphatic carbocycles. The van der Waals surface area contributed by atoms with Crippen LogP contribution >= 0.6 is 11.8 Å². The molecule has 1 aliphatic rings. The van der Waals surface area contributed by atoms with E-state index >= 15 is 0 Å². The summed E-state index contributed by atoms with van der Waals surface area (Å²) in [6, 6.07) is 6.46. The van der Waals surface area contributed by atoms with E-state index in [0.29, 0.717) is 16.6 Å². The van der Waals surface area contributed by atoms with E-state index in [1.807, 2.05) is 0 Å². The first kappa shape index (κ1) is 17.0. The molecule has 0 aliphatic heterocycles. The van der Waals surface area contributed by atoms with Gasteiger partial charge in [0, 0.05) is 11.8 Å². The molecule has 0 unspecified atom stereocenters. The fourth-order valence-electron chi connectivity index (χ4n) is 3.06. The number of amides is 1. The monoisotopic (exact) mass is 349 g/mol. The number of benzene rings is 1. The zero-order valence-corrected chi connectivity index (χ0v) is 14.4. The number of aromatic nitrogens is 2. The largest absolute Gasteiger partial charge is 0.342 e. The quantitative estimate of drug-likeness (QED) is 0.836. The molecule has 1 fully saturated rings. The Bertz CT molecular complexity index is 713. The van der Waals surface area contributed by atoms with Crippen molar-refractivity contribution in [3.8, 4) is 0 Å². The Hall–Kier alpha value is -1.89. The van der Waals surface area contributed by atoms with Gasteiger partial charge in [-0.25, -0.2) is 4.39 Å². The van der Waals surface area contributed by atoms with Crippen LogP contribution in [-0.2, 0) is 10.3 Å². The van der Waals surface area contributed by atoms with E-state index in [2.05, 4.69) is 15.5 Å². The summed E-state index contributed by atoms with van der Waals surface area (Å²) in [6.07, 6.45) is 4.74. The van der Waals surface area contributed by atoms with Gasteiger partial charge in [0.25, 0.3) is 0 Å². The van der Waals surface area contributed by atoms with Crippen LogP contribution in [0.15, 0.2) is 33.7 Å². The lowest BCUT2D eigenvalue weighted by Crippen LogP contribution is -2.48. The molecule has 1 amide bonds. The van der Waals surface area contributed by atoms with E-state index in [-0.39, 0.29) is 17.5 Å². The minimum atomic E-state index is -0.567. The second-order valence-corrected chi connectivity index (χ2v) is 7.06. The third-order valence-corrected chi connectivity index (χ3v) is 5.29. The van der Waals surface area contributed by atoms with Gasteiger partial charge >= 0.3 is 0 Å². The highest BCUT2D eigenvalue weighted by Crippen LogP contribution is 2.36.